The molecular weight excluding hydrogens is 298 g/mol. The second-order valence-electron chi connectivity index (χ2n) is 5.61. The van der Waals surface area contributed by atoms with E-state index in [0.29, 0.717) is 11.5 Å². The molecule has 0 saturated carbocycles. The molecule has 1 aromatic carbocycles. The van der Waals surface area contributed by atoms with Gasteiger partial charge < -0.3 is 4.74 Å². The van der Waals surface area contributed by atoms with Crippen molar-refractivity contribution in [3.8, 4) is 0 Å². The summed E-state index contributed by atoms with van der Waals surface area (Å²) >= 11 is 1.64. The van der Waals surface area contributed by atoms with Crippen LogP contribution in [0.2, 0.25) is 0 Å². The zero-order valence-corrected chi connectivity index (χ0v) is 13.8. The van der Waals surface area contributed by atoms with E-state index >= 15 is 0 Å². The van der Waals surface area contributed by atoms with Gasteiger partial charge in [-0.3, -0.25) is 14.3 Å². The summed E-state index contributed by atoms with van der Waals surface area (Å²) in [6, 6.07) is 7.51. The van der Waals surface area contributed by atoms with Gasteiger partial charge in [0.25, 0.3) is 5.56 Å². The molecule has 2 aromatic rings. The van der Waals surface area contributed by atoms with Gasteiger partial charge in [-0.15, -0.1) is 0 Å². The number of nitrogens with zero attached hydrogens (tertiary/aromatic N) is 3. The van der Waals surface area contributed by atoms with E-state index in [9.17, 15) is 4.79 Å². The smallest absolute Gasteiger partial charge is 0.261 e. The summed E-state index contributed by atoms with van der Waals surface area (Å²) in [5.41, 5.74) is 0.793. The number of thioether (sulfide) groups is 1. The van der Waals surface area contributed by atoms with E-state index in [1.807, 2.05) is 24.3 Å². The first-order valence-corrected chi connectivity index (χ1v) is 8.56. The summed E-state index contributed by atoms with van der Waals surface area (Å²) in [6.07, 6.45) is 0.307. The lowest BCUT2D eigenvalue weighted by Gasteiger charge is -2.30. The molecule has 1 aromatic heterocycles. The predicted octanol–water partition coefficient (Wildman–Crippen LogP) is 1.75. The maximum atomic E-state index is 12.3. The minimum absolute atomic E-state index is 0.0214. The van der Waals surface area contributed by atoms with Crippen LogP contribution in [-0.4, -0.2) is 52.5 Å². The highest BCUT2D eigenvalue weighted by molar-refractivity contribution is 7.99. The molecule has 1 saturated heterocycles. The van der Waals surface area contributed by atoms with E-state index in [1.165, 1.54) is 0 Å². The van der Waals surface area contributed by atoms with Crippen molar-refractivity contribution in [2.45, 2.75) is 18.2 Å². The lowest BCUT2D eigenvalue weighted by Crippen LogP contribution is -2.42. The molecule has 0 N–H and O–H groups in total. The minimum atomic E-state index is 0.0214. The highest BCUT2D eigenvalue weighted by atomic mass is 32.2. The van der Waals surface area contributed by atoms with E-state index in [0.717, 1.165) is 42.7 Å². The molecule has 1 fully saturated rings. The molecule has 118 valence electrons. The third-order valence-electron chi connectivity index (χ3n) is 3.91. The molecule has 0 spiro atoms. The zero-order chi connectivity index (χ0) is 15.5. The topological polar surface area (TPSA) is 47.4 Å². The van der Waals surface area contributed by atoms with E-state index < -0.39 is 0 Å². The Morgan fingerprint density at radius 1 is 1.41 bits per heavy atom. The van der Waals surface area contributed by atoms with Gasteiger partial charge in [0.05, 0.1) is 23.6 Å². The molecule has 22 heavy (non-hydrogen) atoms. The van der Waals surface area contributed by atoms with Gasteiger partial charge in [-0.05, 0) is 19.1 Å². The molecule has 5 nitrogen and oxygen atoms in total. The maximum Gasteiger partial charge on any atom is 0.261 e. The summed E-state index contributed by atoms with van der Waals surface area (Å²) in [5.74, 6) is 0.922. The summed E-state index contributed by atoms with van der Waals surface area (Å²) in [6.45, 7) is 5.85. The van der Waals surface area contributed by atoms with Crippen LogP contribution in [-0.2, 0) is 11.8 Å². The lowest BCUT2D eigenvalue weighted by atomic mass is 10.2. The Labute approximate surface area is 134 Å². The van der Waals surface area contributed by atoms with E-state index in [-0.39, 0.29) is 5.56 Å². The van der Waals surface area contributed by atoms with Crippen LogP contribution in [0.15, 0.2) is 34.2 Å². The fraction of sp³-hybridized carbons (Fsp3) is 0.500. The van der Waals surface area contributed by atoms with Crippen LogP contribution < -0.4 is 5.56 Å². The van der Waals surface area contributed by atoms with Crippen molar-refractivity contribution in [1.29, 1.82) is 0 Å². The van der Waals surface area contributed by atoms with Gasteiger partial charge in [0, 0.05) is 32.4 Å². The molecule has 0 aliphatic carbocycles. The number of hydrogen-bond acceptors (Lipinski definition) is 5. The number of fused-ring (bicyclic) bond motifs is 1. The first kappa shape index (κ1) is 15.5. The molecule has 1 aliphatic heterocycles. The molecular formula is C16H21N3O2S. The average molecular weight is 319 g/mol. The van der Waals surface area contributed by atoms with Gasteiger partial charge >= 0.3 is 0 Å². The summed E-state index contributed by atoms with van der Waals surface area (Å²) < 4.78 is 7.20. The molecule has 0 amide bonds. The molecule has 0 radical (unpaired) electrons. The number of aromatic nitrogens is 2. The Hall–Kier alpha value is -1.37. The van der Waals surface area contributed by atoms with Crippen LogP contribution in [0.4, 0.5) is 0 Å². The molecule has 0 unspecified atom stereocenters. The number of para-hydroxylation sites is 1. The Balaban J connectivity index is 1.69. The van der Waals surface area contributed by atoms with Crippen LogP contribution >= 0.6 is 11.8 Å². The summed E-state index contributed by atoms with van der Waals surface area (Å²) in [5, 5.41) is 1.46. The van der Waals surface area contributed by atoms with Gasteiger partial charge in [0.15, 0.2) is 5.16 Å². The number of hydrogen-bond donors (Lipinski definition) is 0. The minimum Gasteiger partial charge on any atom is -0.376 e. The number of benzene rings is 1. The SMILES string of the molecule is C[C@@H]1CN(CCSc2nc3ccccc3c(=O)n2C)CCO1. The highest BCUT2D eigenvalue weighted by Crippen LogP contribution is 2.17. The maximum absolute atomic E-state index is 12.3. The second kappa shape index (κ2) is 6.81. The summed E-state index contributed by atoms with van der Waals surface area (Å²) in [4.78, 5) is 19.4. The van der Waals surface area contributed by atoms with Gasteiger partial charge in [-0.2, -0.15) is 0 Å². The van der Waals surface area contributed by atoms with Crippen molar-refractivity contribution in [3.05, 3.63) is 34.6 Å². The molecule has 1 atom stereocenters. The van der Waals surface area contributed by atoms with Crippen molar-refractivity contribution in [2.75, 3.05) is 32.0 Å². The molecule has 2 heterocycles. The Kier molecular flexibility index (Phi) is 4.81. The molecule has 0 bridgehead atoms. The van der Waals surface area contributed by atoms with Crippen molar-refractivity contribution in [1.82, 2.24) is 14.5 Å². The fourth-order valence-electron chi connectivity index (χ4n) is 2.69. The zero-order valence-electron chi connectivity index (χ0n) is 13.0. The van der Waals surface area contributed by atoms with E-state index in [1.54, 1.807) is 23.4 Å². The fourth-order valence-corrected chi connectivity index (χ4v) is 3.66. The average Bonchev–Trinajstić information content (AvgIpc) is 2.52. The van der Waals surface area contributed by atoms with E-state index in [2.05, 4.69) is 16.8 Å². The van der Waals surface area contributed by atoms with Crippen LogP contribution in [0.3, 0.4) is 0 Å². The van der Waals surface area contributed by atoms with Crippen molar-refractivity contribution < 1.29 is 4.74 Å². The molecule has 1 aliphatic rings. The van der Waals surface area contributed by atoms with Gasteiger partial charge in [-0.1, -0.05) is 23.9 Å². The lowest BCUT2D eigenvalue weighted by molar-refractivity contribution is -0.0158. The molecule has 6 heteroatoms. The Morgan fingerprint density at radius 2 is 2.23 bits per heavy atom. The number of rotatable bonds is 4. The number of ether oxygens (including phenoxy) is 1. The van der Waals surface area contributed by atoms with Crippen molar-refractivity contribution >= 4 is 22.7 Å². The van der Waals surface area contributed by atoms with Crippen molar-refractivity contribution in [2.24, 2.45) is 7.05 Å². The molecule has 3 rings (SSSR count). The predicted molar refractivity (Wildman–Crippen MR) is 89.6 cm³/mol. The van der Waals surface area contributed by atoms with Crippen LogP contribution in [0.5, 0.6) is 0 Å². The Morgan fingerprint density at radius 3 is 3.05 bits per heavy atom. The highest BCUT2D eigenvalue weighted by Gasteiger charge is 2.16. The van der Waals surface area contributed by atoms with Crippen molar-refractivity contribution in [3.63, 3.8) is 0 Å². The third kappa shape index (κ3) is 3.34. The largest absolute Gasteiger partial charge is 0.376 e. The van der Waals surface area contributed by atoms with Crippen LogP contribution in [0, 0.1) is 0 Å². The van der Waals surface area contributed by atoms with Gasteiger partial charge in [-0.25, -0.2) is 4.98 Å². The van der Waals surface area contributed by atoms with Gasteiger partial charge in [0.2, 0.25) is 0 Å². The van der Waals surface area contributed by atoms with E-state index in [4.69, 9.17) is 4.74 Å². The summed E-state index contributed by atoms with van der Waals surface area (Å²) in [7, 11) is 1.79. The second-order valence-corrected chi connectivity index (χ2v) is 6.67. The number of morpholine rings is 1. The monoisotopic (exact) mass is 319 g/mol. The first-order chi connectivity index (χ1) is 10.6. The van der Waals surface area contributed by atoms with Gasteiger partial charge in [0.1, 0.15) is 0 Å². The normalized spacial score (nSPS) is 19.6. The third-order valence-corrected chi connectivity index (χ3v) is 4.92. The Bertz CT molecular complexity index is 716. The van der Waals surface area contributed by atoms with Crippen LogP contribution in [0.1, 0.15) is 6.92 Å². The van der Waals surface area contributed by atoms with Crippen LogP contribution in [0.25, 0.3) is 10.9 Å². The first-order valence-electron chi connectivity index (χ1n) is 7.57. The quantitative estimate of drug-likeness (QED) is 0.635. The standard InChI is InChI=1S/C16H21N3O2S/c1-12-11-19(7-9-21-12)8-10-22-16-17-14-6-4-3-5-13(14)15(20)18(16)2/h3-6,12H,7-11H2,1-2H3/t12-/m1/s1.